The van der Waals surface area contributed by atoms with Crippen LogP contribution in [0.15, 0.2) is 28.3 Å². The first-order valence-electron chi connectivity index (χ1n) is 8.93. The standard InChI is InChI=1S/C18H24N6O3/c1-12(27)21-16-8-14(23-5-4-13(10-23)11-26)2-3-15(16)22-17-9-20-24(6-7-25)18(17)19/h2-3,8-9,13,25-26H,4-7,10-11H2,1H3,(H2,19,20,21,27)/p+1. The number of aliphatic imine (C=N–C) groups is 1. The number of amidine groups is 1. The number of carbonyl (C=O) groups excluding carboxylic acids is 1. The molecular weight excluding hydrogens is 348 g/mol. The number of nitrogens with zero attached hydrogens (tertiary/aromatic N) is 4. The summed E-state index contributed by atoms with van der Waals surface area (Å²) in [4.78, 5) is 18.4. The number of amides is 1. The van der Waals surface area contributed by atoms with E-state index >= 15 is 0 Å². The van der Waals surface area contributed by atoms with E-state index in [0.717, 1.165) is 25.2 Å². The lowest BCUT2D eigenvalue weighted by Crippen LogP contribution is -2.30. The Kier molecular flexibility index (Phi) is 5.82. The topological polar surface area (TPSA) is 127 Å². The molecule has 0 saturated carbocycles. The fourth-order valence-corrected chi connectivity index (χ4v) is 3.20. The molecule has 1 amide bonds. The molecule has 0 aliphatic carbocycles. The number of hydrazone groups is 1. The number of nitrogens with two attached hydrogens (primary N) is 1. The highest BCUT2D eigenvalue weighted by molar-refractivity contribution is 6.62. The largest absolute Gasteiger partial charge is 0.396 e. The van der Waals surface area contributed by atoms with Crippen LogP contribution in [0, 0.1) is 5.92 Å². The predicted octanol–water partition coefficient (Wildman–Crippen LogP) is -0.103. The van der Waals surface area contributed by atoms with Crippen molar-refractivity contribution in [3.8, 4) is 0 Å². The zero-order valence-corrected chi connectivity index (χ0v) is 15.3. The summed E-state index contributed by atoms with van der Waals surface area (Å²) in [5.74, 6) is 0.435. The van der Waals surface area contributed by atoms with Gasteiger partial charge in [-0.2, -0.15) is 0 Å². The molecule has 2 heterocycles. The van der Waals surface area contributed by atoms with Gasteiger partial charge in [-0.3, -0.25) is 10.5 Å². The second kappa shape index (κ2) is 8.28. The first-order valence-corrected chi connectivity index (χ1v) is 8.93. The maximum atomic E-state index is 11.6. The van der Waals surface area contributed by atoms with Crippen LogP contribution in [0.25, 0.3) is 0 Å². The normalized spacial score (nSPS) is 20.8. The van der Waals surface area contributed by atoms with E-state index in [9.17, 15) is 9.90 Å². The molecule has 1 atom stereocenters. The number of nitrogens with one attached hydrogen (secondary N) is 1. The number of β-amino-alcohol motifs (C(OH)–C–C–N with tert-alkyl or cyclic N) is 1. The van der Waals surface area contributed by atoms with E-state index in [0.29, 0.717) is 29.5 Å². The summed E-state index contributed by atoms with van der Waals surface area (Å²) < 4.78 is 1.48. The van der Waals surface area contributed by atoms with Gasteiger partial charge in [0.2, 0.25) is 5.91 Å². The molecule has 27 heavy (non-hydrogen) atoms. The van der Waals surface area contributed by atoms with Crippen molar-refractivity contribution in [3.05, 3.63) is 18.2 Å². The monoisotopic (exact) mass is 373 g/mol. The maximum absolute atomic E-state index is 11.6. The molecule has 3 rings (SSSR count). The maximum Gasteiger partial charge on any atom is 0.321 e. The van der Waals surface area contributed by atoms with Crippen molar-refractivity contribution in [2.45, 2.75) is 13.3 Å². The van der Waals surface area contributed by atoms with E-state index in [-0.39, 0.29) is 25.0 Å². The second-order valence-electron chi connectivity index (χ2n) is 6.64. The third kappa shape index (κ3) is 4.32. The summed E-state index contributed by atoms with van der Waals surface area (Å²) in [6.07, 6.45) is 2.47. The van der Waals surface area contributed by atoms with Gasteiger partial charge in [-0.15, -0.1) is 4.68 Å². The van der Waals surface area contributed by atoms with Crippen LogP contribution >= 0.6 is 0 Å². The fraction of sp³-hybridized carbons (Fsp3) is 0.444. The van der Waals surface area contributed by atoms with Crippen LogP contribution in [-0.2, 0) is 4.79 Å². The number of aliphatic hydroxyl groups excluding tert-OH is 2. The summed E-state index contributed by atoms with van der Waals surface area (Å²) in [7, 11) is 0. The van der Waals surface area contributed by atoms with Gasteiger partial charge in [-0.25, -0.2) is 4.99 Å². The lowest BCUT2D eigenvalue weighted by molar-refractivity contribution is -0.532. The molecule has 9 nitrogen and oxygen atoms in total. The van der Waals surface area contributed by atoms with Crippen molar-refractivity contribution in [1.82, 2.24) is 0 Å². The summed E-state index contributed by atoms with van der Waals surface area (Å²) >= 11 is 0. The molecule has 1 aromatic rings. The molecule has 1 aromatic carbocycles. The number of carbonyl (C=O) groups is 1. The first kappa shape index (κ1) is 19.0. The molecule has 2 aliphatic heterocycles. The lowest BCUT2D eigenvalue weighted by atomic mass is 10.1. The Morgan fingerprint density at radius 3 is 2.96 bits per heavy atom. The van der Waals surface area contributed by atoms with Crippen molar-refractivity contribution in [2.24, 2.45) is 21.7 Å². The van der Waals surface area contributed by atoms with Crippen LogP contribution in [0.1, 0.15) is 13.3 Å². The van der Waals surface area contributed by atoms with Crippen LogP contribution in [0.4, 0.5) is 17.1 Å². The Balaban J connectivity index is 1.90. The van der Waals surface area contributed by atoms with Gasteiger partial charge in [0, 0.05) is 38.2 Å². The quantitative estimate of drug-likeness (QED) is 0.518. The first-order chi connectivity index (χ1) is 13.0. The predicted molar refractivity (Wildman–Crippen MR) is 105 cm³/mol. The average Bonchev–Trinajstić information content (AvgIpc) is 3.25. The highest BCUT2D eigenvalue weighted by atomic mass is 16.3. The van der Waals surface area contributed by atoms with E-state index in [2.05, 4.69) is 20.3 Å². The zero-order chi connectivity index (χ0) is 19.4. The second-order valence-corrected chi connectivity index (χ2v) is 6.64. The van der Waals surface area contributed by atoms with E-state index < -0.39 is 0 Å². The van der Waals surface area contributed by atoms with Crippen molar-refractivity contribution >= 4 is 40.7 Å². The highest BCUT2D eigenvalue weighted by Gasteiger charge is 2.24. The number of hydrogen-bond acceptors (Lipinski definition) is 7. The van der Waals surface area contributed by atoms with E-state index in [1.165, 1.54) is 17.8 Å². The van der Waals surface area contributed by atoms with E-state index in [1.807, 2.05) is 18.2 Å². The molecule has 0 bridgehead atoms. The number of hydrogen-bond donors (Lipinski definition) is 4. The molecule has 144 valence electrons. The van der Waals surface area contributed by atoms with E-state index in [4.69, 9.17) is 10.8 Å². The fourth-order valence-electron chi connectivity index (χ4n) is 3.20. The Bertz CT molecular complexity index is 817. The van der Waals surface area contributed by atoms with Crippen molar-refractivity contribution < 1.29 is 19.7 Å². The molecular formula is C18H25N6O3+. The van der Waals surface area contributed by atoms with Crippen LogP contribution in [0.2, 0.25) is 0 Å². The lowest BCUT2D eigenvalue weighted by Gasteiger charge is -2.20. The number of rotatable bonds is 6. The average molecular weight is 373 g/mol. The summed E-state index contributed by atoms with van der Waals surface area (Å²) in [5, 5.41) is 25.3. The number of benzene rings is 1. The minimum atomic E-state index is -0.192. The van der Waals surface area contributed by atoms with Crippen LogP contribution in [0.3, 0.4) is 0 Å². The Morgan fingerprint density at radius 2 is 2.30 bits per heavy atom. The molecule has 0 aromatic heterocycles. The van der Waals surface area contributed by atoms with Gasteiger partial charge in [0.25, 0.3) is 0 Å². The molecule has 0 radical (unpaired) electrons. The number of aliphatic hydroxyl groups is 2. The molecule has 1 fully saturated rings. The Labute approximate surface area is 157 Å². The van der Waals surface area contributed by atoms with Gasteiger partial charge in [0.15, 0.2) is 5.71 Å². The third-order valence-electron chi connectivity index (χ3n) is 4.61. The SMILES string of the molecule is CC(=O)Nc1cc(N2CCC(CO)C2)ccc1N=C1C=N[N+](CCO)=C1N. The van der Waals surface area contributed by atoms with Crippen molar-refractivity contribution in [1.29, 1.82) is 0 Å². The summed E-state index contributed by atoms with van der Waals surface area (Å²) in [5.41, 5.74) is 8.63. The van der Waals surface area contributed by atoms with Crippen LogP contribution < -0.4 is 16.0 Å². The van der Waals surface area contributed by atoms with Crippen LogP contribution in [0.5, 0.6) is 0 Å². The smallest absolute Gasteiger partial charge is 0.321 e. The molecule has 1 unspecified atom stereocenters. The van der Waals surface area contributed by atoms with E-state index in [1.54, 1.807) is 0 Å². The summed E-state index contributed by atoms with van der Waals surface area (Å²) in [6.45, 7) is 3.50. The minimum Gasteiger partial charge on any atom is -0.396 e. The Morgan fingerprint density at radius 1 is 1.48 bits per heavy atom. The van der Waals surface area contributed by atoms with Gasteiger partial charge in [0.05, 0.1) is 18.0 Å². The molecule has 0 spiro atoms. The molecule has 9 heteroatoms. The third-order valence-corrected chi connectivity index (χ3v) is 4.61. The van der Waals surface area contributed by atoms with Gasteiger partial charge in [0.1, 0.15) is 12.8 Å². The van der Waals surface area contributed by atoms with Gasteiger partial charge in [-0.1, -0.05) is 5.10 Å². The van der Waals surface area contributed by atoms with Crippen molar-refractivity contribution in [2.75, 3.05) is 43.1 Å². The Hall–Kier alpha value is -2.78. The molecule has 5 N–H and O–H groups in total. The number of anilines is 2. The van der Waals surface area contributed by atoms with Gasteiger partial charge in [-0.05, 0) is 24.6 Å². The summed E-state index contributed by atoms with van der Waals surface area (Å²) in [6, 6.07) is 5.66. The molecule has 1 saturated heterocycles. The van der Waals surface area contributed by atoms with Crippen molar-refractivity contribution in [3.63, 3.8) is 0 Å². The molecule has 2 aliphatic rings. The highest BCUT2D eigenvalue weighted by Crippen LogP contribution is 2.32. The van der Waals surface area contributed by atoms with Crippen LogP contribution in [-0.4, -0.2) is 71.4 Å². The zero-order valence-electron chi connectivity index (χ0n) is 15.3. The minimum absolute atomic E-state index is 0.0676. The van der Waals surface area contributed by atoms with Gasteiger partial charge < -0.3 is 20.4 Å². The van der Waals surface area contributed by atoms with Gasteiger partial charge >= 0.3 is 5.84 Å².